The second-order valence-electron chi connectivity index (χ2n) is 3.46. The fourth-order valence-corrected chi connectivity index (χ4v) is 2.35. The predicted octanol–water partition coefficient (Wildman–Crippen LogP) is 0.658. The van der Waals surface area contributed by atoms with E-state index in [-0.39, 0.29) is 12.0 Å². The number of carbonyl (C=O) groups is 1. The molecule has 14 heavy (non-hydrogen) atoms. The molecule has 1 saturated heterocycles. The number of amides is 1. The van der Waals surface area contributed by atoms with E-state index in [9.17, 15) is 9.90 Å². The summed E-state index contributed by atoms with van der Waals surface area (Å²) in [7, 11) is 0. The molecule has 5 heteroatoms. The molecule has 1 aromatic rings. The van der Waals surface area contributed by atoms with Gasteiger partial charge in [0.05, 0.1) is 17.3 Å². The quantitative estimate of drug-likeness (QED) is 0.744. The van der Waals surface area contributed by atoms with Crippen LogP contribution in [0, 0.1) is 6.92 Å². The van der Waals surface area contributed by atoms with Gasteiger partial charge in [-0.25, -0.2) is 4.98 Å². The Hall–Kier alpha value is -0.940. The number of β-amino-alcohol motifs (C(OH)–C–C–N with tert-alkyl or cyclic N) is 1. The Morgan fingerprint density at radius 1 is 1.79 bits per heavy atom. The third kappa shape index (κ3) is 1.65. The van der Waals surface area contributed by atoms with E-state index in [1.807, 2.05) is 6.92 Å². The van der Waals surface area contributed by atoms with Gasteiger partial charge in [0.1, 0.15) is 4.88 Å². The molecule has 4 nitrogen and oxygen atoms in total. The maximum absolute atomic E-state index is 11.9. The molecule has 76 valence electrons. The lowest BCUT2D eigenvalue weighted by Gasteiger charge is -2.14. The van der Waals surface area contributed by atoms with Crippen LogP contribution in [-0.4, -0.2) is 40.1 Å². The van der Waals surface area contributed by atoms with Crippen LogP contribution >= 0.6 is 11.3 Å². The van der Waals surface area contributed by atoms with Crippen molar-refractivity contribution in [2.45, 2.75) is 19.4 Å². The van der Waals surface area contributed by atoms with E-state index >= 15 is 0 Å². The van der Waals surface area contributed by atoms with Gasteiger partial charge in [-0.15, -0.1) is 11.3 Å². The summed E-state index contributed by atoms with van der Waals surface area (Å²) in [6.07, 6.45) is 0.330. The van der Waals surface area contributed by atoms with Crippen molar-refractivity contribution in [3.05, 3.63) is 16.1 Å². The van der Waals surface area contributed by atoms with Gasteiger partial charge < -0.3 is 10.0 Å². The first kappa shape index (κ1) is 9.61. The monoisotopic (exact) mass is 212 g/mol. The molecule has 0 saturated carbocycles. The topological polar surface area (TPSA) is 53.4 Å². The van der Waals surface area contributed by atoms with Crippen LogP contribution in [0.15, 0.2) is 5.51 Å². The highest BCUT2D eigenvalue weighted by molar-refractivity contribution is 7.11. The third-order valence-corrected chi connectivity index (χ3v) is 3.31. The number of aromatic nitrogens is 1. The lowest BCUT2D eigenvalue weighted by Crippen LogP contribution is -2.29. The first-order valence-corrected chi connectivity index (χ1v) is 5.44. The molecule has 0 radical (unpaired) electrons. The van der Waals surface area contributed by atoms with Gasteiger partial charge >= 0.3 is 0 Å². The van der Waals surface area contributed by atoms with E-state index < -0.39 is 0 Å². The zero-order valence-electron chi connectivity index (χ0n) is 7.93. The lowest BCUT2D eigenvalue weighted by molar-refractivity contribution is 0.0769. The first-order chi connectivity index (χ1) is 6.68. The van der Waals surface area contributed by atoms with Crippen molar-refractivity contribution in [1.82, 2.24) is 9.88 Å². The van der Waals surface area contributed by atoms with E-state index in [2.05, 4.69) is 4.98 Å². The molecule has 1 amide bonds. The standard InChI is InChI=1S/C9H12N2O2S/c1-6-8(14-5-10-6)9(13)11-3-2-7(12)4-11/h5,7,12H,2-4H2,1H3. The third-order valence-electron chi connectivity index (χ3n) is 2.39. The minimum Gasteiger partial charge on any atom is -0.391 e. The average Bonchev–Trinajstić information content (AvgIpc) is 2.73. The molecule has 1 unspecified atom stereocenters. The molecule has 1 aromatic heterocycles. The maximum Gasteiger partial charge on any atom is 0.265 e. The molecule has 1 N–H and O–H groups in total. The highest BCUT2D eigenvalue weighted by Gasteiger charge is 2.27. The summed E-state index contributed by atoms with van der Waals surface area (Å²) < 4.78 is 0. The zero-order chi connectivity index (χ0) is 10.1. The van der Waals surface area contributed by atoms with Crippen molar-refractivity contribution in [2.24, 2.45) is 0 Å². The number of thiazole rings is 1. The smallest absolute Gasteiger partial charge is 0.265 e. The van der Waals surface area contributed by atoms with Gasteiger partial charge in [0, 0.05) is 13.1 Å². The molecule has 0 spiro atoms. The van der Waals surface area contributed by atoms with Crippen LogP contribution in [0.2, 0.25) is 0 Å². The Bertz CT molecular complexity index is 350. The van der Waals surface area contributed by atoms with Crippen LogP contribution in [-0.2, 0) is 0 Å². The molecule has 0 aliphatic carbocycles. The van der Waals surface area contributed by atoms with Gasteiger partial charge in [0.2, 0.25) is 0 Å². The van der Waals surface area contributed by atoms with Gasteiger partial charge in [-0.05, 0) is 13.3 Å². The minimum atomic E-state index is -0.354. The average molecular weight is 212 g/mol. The van der Waals surface area contributed by atoms with Crippen molar-refractivity contribution in [1.29, 1.82) is 0 Å². The van der Waals surface area contributed by atoms with Crippen molar-refractivity contribution in [3.8, 4) is 0 Å². The van der Waals surface area contributed by atoms with Crippen molar-refractivity contribution in [2.75, 3.05) is 13.1 Å². The maximum atomic E-state index is 11.9. The Morgan fingerprint density at radius 2 is 2.57 bits per heavy atom. The van der Waals surface area contributed by atoms with Crippen molar-refractivity contribution in [3.63, 3.8) is 0 Å². The normalized spacial score (nSPS) is 21.6. The van der Waals surface area contributed by atoms with Gasteiger partial charge in [0.25, 0.3) is 5.91 Å². The predicted molar refractivity (Wildman–Crippen MR) is 53.4 cm³/mol. The molecule has 0 aromatic carbocycles. The molecule has 0 bridgehead atoms. The van der Waals surface area contributed by atoms with Crippen molar-refractivity contribution >= 4 is 17.2 Å². The summed E-state index contributed by atoms with van der Waals surface area (Å²) in [4.78, 5) is 18.3. The Morgan fingerprint density at radius 3 is 3.07 bits per heavy atom. The van der Waals surface area contributed by atoms with E-state index in [4.69, 9.17) is 0 Å². The van der Waals surface area contributed by atoms with E-state index in [1.54, 1.807) is 10.4 Å². The van der Waals surface area contributed by atoms with Gasteiger partial charge in [0.15, 0.2) is 0 Å². The molecule has 2 rings (SSSR count). The number of rotatable bonds is 1. The van der Waals surface area contributed by atoms with Crippen LogP contribution in [0.5, 0.6) is 0 Å². The number of aryl methyl sites for hydroxylation is 1. The molecule has 1 aliphatic rings. The highest BCUT2D eigenvalue weighted by Crippen LogP contribution is 2.18. The fraction of sp³-hybridized carbons (Fsp3) is 0.556. The fourth-order valence-electron chi connectivity index (χ4n) is 1.58. The molecular weight excluding hydrogens is 200 g/mol. The van der Waals surface area contributed by atoms with Gasteiger partial charge in [-0.1, -0.05) is 0 Å². The highest BCUT2D eigenvalue weighted by atomic mass is 32.1. The van der Waals surface area contributed by atoms with Crippen LogP contribution in [0.3, 0.4) is 0 Å². The van der Waals surface area contributed by atoms with Crippen molar-refractivity contribution < 1.29 is 9.90 Å². The van der Waals surface area contributed by atoms with E-state index in [0.29, 0.717) is 24.4 Å². The molecule has 1 aliphatic heterocycles. The Labute approximate surface area is 86.2 Å². The van der Waals surface area contributed by atoms with Crippen LogP contribution in [0.1, 0.15) is 21.8 Å². The van der Waals surface area contributed by atoms with Gasteiger partial charge in [-0.3, -0.25) is 4.79 Å². The number of carbonyl (C=O) groups excluding carboxylic acids is 1. The van der Waals surface area contributed by atoms with Gasteiger partial charge in [-0.2, -0.15) is 0 Å². The Kier molecular flexibility index (Phi) is 2.52. The molecular formula is C9H12N2O2S. The first-order valence-electron chi connectivity index (χ1n) is 4.56. The number of likely N-dealkylation sites (tertiary alicyclic amines) is 1. The molecule has 1 atom stereocenters. The second-order valence-corrected chi connectivity index (χ2v) is 4.32. The Balaban J connectivity index is 2.13. The number of aliphatic hydroxyl groups is 1. The largest absolute Gasteiger partial charge is 0.391 e. The SMILES string of the molecule is Cc1ncsc1C(=O)N1CCC(O)C1. The number of hydrogen-bond donors (Lipinski definition) is 1. The van der Waals surface area contributed by atoms with E-state index in [0.717, 1.165) is 5.69 Å². The zero-order valence-corrected chi connectivity index (χ0v) is 8.75. The summed E-state index contributed by atoms with van der Waals surface area (Å²) in [5, 5.41) is 9.31. The number of hydrogen-bond acceptors (Lipinski definition) is 4. The molecule has 1 fully saturated rings. The van der Waals surface area contributed by atoms with Crippen LogP contribution in [0.4, 0.5) is 0 Å². The minimum absolute atomic E-state index is 0.00144. The summed E-state index contributed by atoms with van der Waals surface area (Å²) in [6, 6.07) is 0. The lowest BCUT2D eigenvalue weighted by atomic mass is 10.3. The van der Waals surface area contributed by atoms with E-state index in [1.165, 1.54) is 11.3 Å². The van der Waals surface area contributed by atoms with Crippen LogP contribution < -0.4 is 0 Å². The van der Waals surface area contributed by atoms with Crippen LogP contribution in [0.25, 0.3) is 0 Å². The second kappa shape index (κ2) is 3.67. The summed E-state index contributed by atoms with van der Waals surface area (Å²) >= 11 is 1.36. The number of aliphatic hydroxyl groups excluding tert-OH is 1. The summed E-state index contributed by atoms with van der Waals surface area (Å²) in [5.74, 6) is 0.00144. The summed E-state index contributed by atoms with van der Waals surface area (Å²) in [6.45, 7) is 2.93. The summed E-state index contributed by atoms with van der Waals surface area (Å²) in [5.41, 5.74) is 2.45. The number of nitrogens with zero attached hydrogens (tertiary/aromatic N) is 2. The molecule has 2 heterocycles.